The number of carbonyl (C=O) groups is 4. The molecule has 0 radical (unpaired) electrons. The number of fused-ring (bicyclic) bond motifs is 4. The Bertz CT molecular complexity index is 1510. The number of carbonyl (C=O) groups excluding carboxylic acids is 4. The fourth-order valence-electron chi connectivity index (χ4n) is 6.77. The number of benzene rings is 2. The Hall–Kier alpha value is -3.47. The van der Waals surface area contributed by atoms with Gasteiger partial charge in [-0.15, -0.1) is 23.2 Å². The van der Waals surface area contributed by atoms with Gasteiger partial charge in [0.05, 0.1) is 24.1 Å². The molecule has 9 nitrogen and oxygen atoms in total. The summed E-state index contributed by atoms with van der Waals surface area (Å²) in [5.74, 6) is -8.23. The highest BCUT2D eigenvalue weighted by atomic mass is 35.5. The first kappa shape index (κ1) is 26.7. The first-order chi connectivity index (χ1) is 19.0. The molecule has 2 aromatic carbocycles. The molecule has 2 heterocycles. The number of phenols is 1. The molecular formula is C28H23Cl2FN2O7. The molecule has 1 saturated carbocycles. The third-order valence-corrected chi connectivity index (χ3v) is 9.93. The second kappa shape index (κ2) is 9.02. The summed E-state index contributed by atoms with van der Waals surface area (Å²) in [4.78, 5) is 50.5. The number of aromatic hydroxyl groups is 1. The van der Waals surface area contributed by atoms with E-state index in [4.69, 9.17) is 27.9 Å². The van der Waals surface area contributed by atoms with Gasteiger partial charge >= 0.3 is 0 Å². The number of hydrogen-bond donors (Lipinski definition) is 2. The summed E-state index contributed by atoms with van der Waals surface area (Å²) in [6, 6.07) is 9.30. The average Bonchev–Trinajstić information content (AvgIpc) is 3.24. The molecule has 0 aromatic heterocycles. The third-order valence-electron chi connectivity index (χ3n) is 8.51. The highest BCUT2D eigenvalue weighted by Gasteiger charge is 2.77. The van der Waals surface area contributed by atoms with Crippen LogP contribution in [0.2, 0.25) is 0 Å². The zero-order chi connectivity index (χ0) is 28.7. The first-order valence-corrected chi connectivity index (χ1v) is 13.5. The Labute approximate surface area is 237 Å². The molecular weight excluding hydrogens is 566 g/mol. The maximum absolute atomic E-state index is 14.2. The van der Waals surface area contributed by atoms with E-state index in [1.807, 2.05) is 0 Å². The first-order valence-electron chi connectivity index (χ1n) is 12.7. The van der Waals surface area contributed by atoms with Gasteiger partial charge in [0, 0.05) is 11.5 Å². The largest absolute Gasteiger partial charge is 0.504 e. The number of halogens is 3. The van der Waals surface area contributed by atoms with Crippen LogP contribution < -0.4 is 9.64 Å². The van der Waals surface area contributed by atoms with Gasteiger partial charge in [0.2, 0.25) is 0 Å². The van der Waals surface area contributed by atoms with E-state index in [1.165, 1.54) is 24.3 Å². The number of nitrogens with zero attached hydrogens (tertiary/aromatic N) is 2. The van der Waals surface area contributed by atoms with Crippen LogP contribution in [0.1, 0.15) is 31.2 Å². The maximum Gasteiger partial charge on any atom is 0.258 e. The summed E-state index contributed by atoms with van der Waals surface area (Å²) < 4.78 is 19.3. The Morgan fingerprint density at radius 1 is 1.02 bits per heavy atom. The van der Waals surface area contributed by atoms with Gasteiger partial charge in [-0.3, -0.25) is 24.4 Å². The zero-order valence-corrected chi connectivity index (χ0v) is 22.5. The molecule has 4 aliphatic rings. The van der Waals surface area contributed by atoms with Crippen molar-refractivity contribution in [3.63, 3.8) is 0 Å². The topological polar surface area (TPSA) is 124 Å². The van der Waals surface area contributed by atoms with E-state index in [1.54, 1.807) is 19.1 Å². The van der Waals surface area contributed by atoms with Crippen molar-refractivity contribution in [2.24, 2.45) is 17.8 Å². The van der Waals surface area contributed by atoms with E-state index >= 15 is 0 Å². The summed E-state index contributed by atoms with van der Waals surface area (Å²) in [7, 11) is 0. The molecule has 2 aromatic rings. The van der Waals surface area contributed by atoms with Crippen molar-refractivity contribution in [1.29, 1.82) is 0 Å². The molecule has 6 unspecified atom stereocenters. The predicted molar refractivity (Wildman–Crippen MR) is 140 cm³/mol. The number of hydrogen-bond acceptors (Lipinski definition) is 7. The van der Waals surface area contributed by atoms with Gasteiger partial charge in [-0.2, -0.15) is 5.06 Å². The van der Waals surface area contributed by atoms with Crippen LogP contribution in [0.5, 0.6) is 11.5 Å². The second-order valence-electron chi connectivity index (χ2n) is 10.4. The normalized spacial score (nSPS) is 33.1. The van der Waals surface area contributed by atoms with Crippen LogP contribution in [0, 0.1) is 23.6 Å². The van der Waals surface area contributed by atoms with E-state index in [0.717, 1.165) is 17.0 Å². The van der Waals surface area contributed by atoms with Crippen LogP contribution in [-0.4, -0.2) is 55.4 Å². The summed E-state index contributed by atoms with van der Waals surface area (Å²) >= 11 is 14.4. The van der Waals surface area contributed by atoms with Crippen LogP contribution in [0.3, 0.4) is 0 Å². The van der Waals surface area contributed by atoms with E-state index < -0.39 is 62.9 Å². The zero-order valence-electron chi connectivity index (χ0n) is 21.0. The molecule has 40 heavy (non-hydrogen) atoms. The maximum atomic E-state index is 14.2. The Balaban J connectivity index is 1.59. The number of anilines is 1. The van der Waals surface area contributed by atoms with Crippen molar-refractivity contribution in [1.82, 2.24) is 5.06 Å². The van der Waals surface area contributed by atoms with E-state index in [0.29, 0.717) is 5.57 Å². The lowest BCUT2D eigenvalue weighted by Crippen LogP contribution is -2.60. The average molecular weight is 589 g/mol. The van der Waals surface area contributed by atoms with Crippen LogP contribution in [0.25, 0.3) is 0 Å². The molecule has 6 rings (SSSR count). The van der Waals surface area contributed by atoms with Crippen LogP contribution in [0.4, 0.5) is 10.1 Å². The minimum Gasteiger partial charge on any atom is -0.504 e. The van der Waals surface area contributed by atoms with Gasteiger partial charge in [-0.25, -0.2) is 9.29 Å². The van der Waals surface area contributed by atoms with Crippen molar-refractivity contribution in [2.75, 3.05) is 11.5 Å². The summed E-state index contributed by atoms with van der Waals surface area (Å²) in [5.41, 5.74) is 0.621. The molecule has 2 N–H and O–H groups in total. The fourth-order valence-corrected chi connectivity index (χ4v) is 7.70. The molecule has 2 aliphatic heterocycles. The Morgan fingerprint density at radius 3 is 2.40 bits per heavy atom. The number of phenolic OH excluding ortho intramolecular Hbond substituents is 1. The SMILES string of the molecule is CCOc1cccc(C2C3=CCC4C(=O)N(O)C(=O)C4C3CC3(Cl)C(=O)N(c4ccc(F)cc4)C(=O)C23Cl)c1O. The lowest BCUT2D eigenvalue weighted by molar-refractivity contribution is -0.173. The third kappa shape index (κ3) is 3.30. The van der Waals surface area contributed by atoms with Gasteiger partial charge in [0.1, 0.15) is 5.82 Å². The molecule has 6 atom stereocenters. The van der Waals surface area contributed by atoms with Gasteiger partial charge in [0.15, 0.2) is 21.2 Å². The number of ether oxygens (including phenoxy) is 1. The molecule has 12 heteroatoms. The lowest BCUT2D eigenvalue weighted by Gasteiger charge is -2.50. The van der Waals surface area contributed by atoms with Crippen molar-refractivity contribution in [3.05, 3.63) is 65.5 Å². The molecule has 3 fully saturated rings. The van der Waals surface area contributed by atoms with Crippen molar-refractivity contribution in [2.45, 2.75) is 35.4 Å². The summed E-state index contributed by atoms with van der Waals surface area (Å²) in [6.45, 7) is 1.95. The predicted octanol–water partition coefficient (Wildman–Crippen LogP) is 3.88. The smallest absolute Gasteiger partial charge is 0.258 e. The van der Waals surface area contributed by atoms with Gasteiger partial charge in [-0.1, -0.05) is 23.8 Å². The molecule has 2 aliphatic carbocycles. The number of imide groups is 2. The number of hydroxylamine groups is 2. The number of alkyl halides is 2. The number of amides is 4. The van der Waals surface area contributed by atoms with Gasteiger partial charge in [-0.05, 0) is 56.0 Å². The van der Waals surface area contributed by atoms with E-state index in [2.05, 4.69) is 0 Å². The standard InChI is InChI=1S/C28H23Cl2FN2O7/c1-2-40-19-5-3-4-17(22(19)34)21-15-10-11-16-20(24(36)33(39)23(16)35)18(15)12-27(29)25(37)32(26(38)28(21,27)30)14-8-6-13(31)7-9-14/h3-10,16,18,20-21,34,39H,2,11-12H2,1H3. The lowest BCUT2D eigenvalue weighted by atomic mass is 9.56. The van der Waals surface area contributed by atoms with Crippen LogP contribution in [0.15, 0.2) is 54.1 Å². The van der Waals surface area contributed by atoms with Crippen molar-refractivity contribution < 1.29 is 38.6 Å². The second-order valence-corrected chi connectivity index (χ2v) is 11.6. The Kier molecular flexibility index (Phi) is 6.03. The summed E-state index contributed by atoms with van der Waals surface area (Å²) in [5, 5.41) is 21.5. The number of para-hydroxylation sites is 1. The fraction of sp³-hybridized carbons (Fsp3) is 0.357. The van der Waals surface area contributed by atoms with E-state index in [-0.39, 0.29) is 47.3 Å². The number of rotatable bonds is 4. The van der Waals surface area contributed by atoms with E-state index in [9.17, 15) is 33.9 Å². The highest BCUT2D eigenvalue weighted by molar-refractivity contribution is 6.58. The van der Waals surface area contributed by atoms with Crippen LogP contribution >= 0.6 is 23.2 Å². The van der Waals surface area contributed by atoms with Crippen LogP contribution in [-0.2, 0) is 19.2 Å². The number of allylic oxidation sites excluding steroid dienone is 2. The van der Waals surface area contributed by atoms with Gasteiger partial charge in [0.25, 0.3) is 23.6 Å². The Morgan fingerprint density at radius 2 is 1.73 bits per heavy atom. The summed E-state index contributed by atoms with van der Waals surface area (Å²) in [6.07, 6.45) is 1.43. The molecule has 0 bridgehead atoms. The van der Waals surface area contributed by atoms with Gasteiger partial charge < -0.3 is 9.84 Å². The minimum atomic E-state index is -2.19. The van der Waals surface area contributed by atoms with Crippen molar-refractivity contribution in [3.8, 4) is 11.5 Å². The molecule has 4 amide bonds. The molecule has 0 spiro atoms. The highest BCUT2D eigenvalue weighted by Crippen LogP contribution is 2.66. The quantitative estimate of drug-likeness (QED) is 0.240. The molecule has 208 valence electrons. The molecule has 2 saturated heterocycles. The minimum absolute atomic E-state index is 0.0420. The monoisotopic (exact) mass is 588 g/mol. The van der Waals surface area contributed by atoms with Crippen molar-refractivity contribution >= 4 is 52.5 Å².